The van der Waals surface area contributed by atoms with Crippen molar-refractivity contribution in [3.05, 3.63) is 35.9 Å². The van der Waals surface area contributed by atoms with Crippen LogP contribution < -0.4 is 5.73 Å². The van der Waals surface area contributed by atoms with Crippen LogP contribution in [0.5, 0.6) is 0 Å². The first kappa shape index (κ1) is 20.3. The Morgan fingerprint density at radius 2 is 1.53 bits per heavy atom. The van der Waals surface area contributed by atoms with Gasteiger partial charge in [-0.2, -0.15) is 0 Å². The van der Waals surface area contributed by atoms with E-state index in [1.54, 1.807) is 4.31 Å². The number of piperidine rings is 1. The highest BCUT2D eigenvalue weighted by Crippen LogP contribution is 2.58. The van der Waals surface area contributed by atoms with Crippen molar-refractivity contribution in [2.75, 3.05) is 13.1 Å². The summed E-state index contributed by atoms with van der Waals surface area (Å²) in [5.74, 6) is 2.26. The van der Waals surface area contributed by atoms with E-state index in [0.29, 0.717) is 25.9 Å². The molecule has 0 unspecified atom stereocenters. The van der Waals surface area contributed by atoms with Crippen LogP contribution in [-0.2, 0) is 15.8 Å². The molecule has 0 spiro atoms. The van der Waals surface area contributed by atoms with Gasteiger partial charge in [-0.3, -0.25) is 0 Å². The Morgan fingerprint density at radius 3 is 2.03 bits per heavy atom. The number of nitrogens with zero attached hydrogens (tertiary/aromatic N) is 2. The Kier molecular flexibility index (Phi) is 5.09. The Hall–Kier alpha value is -1.60. The molecular formula is C23H33N3O3S. The number of amides is 2. The molecule has 1 aliphatic heterocycles. The second kappa shape index (κ2) is 7.52. The van der Waals surface area contributed by atoms with Gasteiger partial charge in [0.05, 0.1) is 5.75 Å². The number of sulfonamides is 1. The summed E-state index contributed by atoms with van der Waals surface area (Å²) in [6, 6.07) is 9.09. The SMILES string of the molecule is NC(=O)N(C1CCN(S(=O)(=O)Cc2ccccc2)CC1)C12CC3CC(CC(C3)C1)C2. The monoisotopic (exact) mass is 431 g/mol. The summed E-state index contributed by atoms with van der Waals surface area (Å²) in [6.45, 7) is 0.936. The van der Waals surface area contributed by atoms with Gasteiger partial charge in [-0.15, -0.1) is 0 Å². The van der Waals surface area contributed by atoms with Crippen LogP contribution in [0.2, 0.25) is 0 Å². The zero-order valence-electron chi connectivity index (χ0n) is 17.6. The number of carbonyl (C=O) groups excluding carboxylic acids is 1. The number of urea groups is 1. The van der Waals surface area contributed by atoms with Crippen molar-refractivity contribution in [2.24, 2.45) is 23.5 Å². The van der Waals surface area contributed by atoms with Gasteiger partial charge in [0.15, 0.2) is 0 Å². The summed E-state index contributed by atoms with van der Waals surface area (Å²) in [5, 5.41) is 0. The van der Waals surface area contributed by atoms with Crippen LogP contribution in [0, 0.1) is 17.8 Å². The van der Waals surface area contributed by atoms with E-state index in [0.717, 1.165) is 42.6 Å². The Labute approximate surface area is 179 Å². The van der Waals surface area contributed by atoms with Crippen molar-refractivity contribution >= 4 is 16.1 Å². The molecule has 0 atom stereocenters. The van der Waals surface area contributed by atoms with Crippen LogP contribution in [0.15, 0.2) is 30.3 Å². The van der Waals surface area contributed by atoms with E-state index in [1.807, 2.05) is 35.2 Å². The van der Waals surface area contributed by atoms with Crippen molar-refractivity contribution in [1.82, 2.24) is 9.21 Å². The molecule has 5 aliphatic rings. The zero-order chi connectivity index (χ0) is 20.9. The highest BCUT2D eigenvalue weighted by atomic mass is 32.2. The molecule has 2 N–H and O–H groups in total. The van der Waals surface area contributed by atoms with E-state index in [9.17, 15) is 13.2 Å². The number of benzene rings is 1. The fraction of sp³-hybridized carbons (Fsp3) is 0.696. The third-order valence-electron chi connectivity index (χ3n) is 8.13. The third-order valence-corrected chi connectivity index (χ3v) is 9.98. The first-order valence-electron chi connectivity index (χ1n) is 11.5. The fourth-order valence-corrected chi connectivity index (χ4v) is 8.98. The number of hydrogen-bond acceptors (Lipinski definition) is 3. The lowest BCUT2D eigenvalue weighted by Crippen LogP contribution is -2.66. The molecule has 5 fully saturated rings. The molecule has 0 aromatic heterocycles. The maximum absolute atomic E-state index is 12.9. The zero-order valence-corrected chi connectivity index (χ0v) is 18.4. The van der Waals surface area contributed by atoms with E-state index in [2.05, 4.69) is 0 Å². The topological polar surface area (TPSA) is 83.7 Å². The summed E-state index contributed by atoms with van der Waals surface area (Å²) in [5.41, 5.74) is 6.71. The lowest BCUT2D eigenvalue weighted by Gasteiger charge is -2.61. The van der Waals surface area contributed by atoms with Crippen LogP contribution in [0.25, 0.3) is 0 Å². The van der Waals surface area contributed by atoms with Gasteiger partial charge in [0.2, 0.25) is 10.0 Å². The second-order valence-electron chi connectivity index (χ2n) is 10.2. The molecule has 2 amide bonds. The normalized spacial score (nSPS) is 34.2. The van der Waals surface area contributed by atoms with Gasteiger partial charge >= 0.3 is 6.03 Å². The molecule has 1 saturated heterocycles. The lowest BCUT2D eigenvalue weighted by molar-refractivity contribution is -0.0865. The molecule has 4 aliphatic carbocycles. The smallest absolute Gasteiger partial charge is 0.315 e. The van der Waals surface area contributed by atoms with Crippen LogP contribution >= 0.6 is 0 Å². The molecule has 0 radical (unpaired) electrons. The van der Waals surface area contributed by atoms with Crippen LogP contribution in [0.3, 0.4) is 0 Å². The molecule has 4 saturated carbocycles. The molecule has 6 rings (SSSR count). The van der Waals surface area contributed by atoms with E-state index in [4.69, 9.17) is 5.73 Å². The minimum Gasteiger partial charge on any atom is -0.351 e. The van der Waals surface area contributed by atoms with Gasteiger partial charge < -0.3 is 10.6 Å². The minimum atomic E-state index is -3.35. The summed E-state index contributed by atoms with van der Waals surface area (Å²) >= 11 is 0. The van der Waals surface area contributed by atoms with Crippen molar-refractivity contribution in [2.45, 2.75) is 68.7 Å². The number of hydrogen-bond donors (Lipinski definition) is 1. The number of primary amides is 1. The minimum absolute atomic E-state index is 0.0347. The molecule has 7 heteroatoms. The van der Waals surface area contributed by atoms with E-state index < -0.39 is 10.0 Å². The molecule has 4 bridgehead atoms. The predicted molar refractivity (Wildman–Crippen MR) is 116 cm³/mol. The highest BCUT2D eigenvalue weighted by molar-refractivity contribution is 7.88. The van der Waals surface area contributed by atoms with Gasteiger partial charge in [0, 0.05) is 24.7 Å². The van der Waals surface area contributed by atoms with Crippen molar-refractivity contribution in [3.8, 4) is 0 Å². The fourth-order valence-electron chi connectivity index (χ4n) is 7.42. The van der Waals surface area contributed by atoms with Crippen LogP contribution in [0.1, 0.15) is 56.9 Å². The Morgan fingerprint density at radius 1 is 1.00 bits per heavy atom. The van der Waals surface area contributed by atoms with Gasteiger partial charge in [-0.1, -0.05) is 30.3 Å². The van der Waals surface area contributed by atoms with E-state index in [1.165, 1.54) is 19.3 Å². The largest absolute Gasteiger partial charge is 0.351 e. The average Bonchev–Trinajstić information content (AvgIpc) is 2.67. The molecule has 164 valence electrons. The van der Waals surface area contributed by atoms with Crippen molar-refractivity contribution in [3.63, 3.8) is 0 Å². The molecule has 30 heavy (non-hydrogen) atoms. The number of carbonyl (C=O) groups is 1. The highest BCUT2D eigenvalue weighted by Gasteiger charge is 2.56. The summed E-state index contributed by atoms with van der Waals surface area (Å²) in [6.07, 6.45) is 8.60. The van der Waals surface area contributed by atoms with Gasteiger partial charge in [-0.25, -0.2) is 17.5 Å². The Balaban J connectivity index is 1.29. The second-order valence-corrected chi connectivity index (χ2v) is 12.2. The maximum Gasteiger partial charge on any atom is 0.315 e. The van der Waals surface area contributed by atoms with E-state index in [-0.39, 0.29) is 23.4 Å². The Bertz CT molecular complexity index is 858. The summed E-state index contributed by atoms with van der Waals surface area (Å²) in [4.78, 5) is 14.7. The first-order valence-corrected chi connectivity index (χ1v) is 13.1. The number of rotatable bonds is 5. The summed E-state index contributed by atoms with van der Waals surface area (Å²) in [7, 11) is -3.35. The molecule has 6 nitrogen and oxygen atoms in total. The van der Waals surface area contributed by atoms with E-state index >= 15 is 0 Å². The van der Waals surface area contributed by atoms with Crippen LogP contribution in [-0.4, -0.2) is 48.3 Å². The van der Waals surface area contributed by atoms with Gasteiger partial charge in [0.1, 0.15) is 0 Å². The molecule has 1 heterocycles. The van der Waals surface area contributed by atoms with Gasteiger partial charge in [-0.05, 0) is 74.7 Å². The first-order chi connectivity index (χ1) is 14.3. The molecule has 1 aromatic rings. The maximum atomic E-state index is 12.9. The van der Waals surface area contributed by atoms with Crippen LogP contribution in [0.4, 0.5) is 4.79 Å². The predicted octanol–water partition coefficient (Wildman–Crippen LogP) is 3.33. The molecule has 1 aromatic carbocycles. The van der Waals surface area contributed by atoms with Crippen molar-refractivity contribution < 1.29 is 13.2 Å². The number of nitrogens with two attached hydrogens (primary N) is 1. The quantitative estimate of drug-likeness (QED) is 0.776. The summed E-state index contributed by atoms with van der Waals surface area (Å²) < 4.78 is 27.4. The lowest BCUT2D eigenvalue weighted by atomic mass is 9.52. The van der Waals surface area contributed by atoms with Gasteiger partial charge in [0.25, 0.3) is 0 Å². The average molecular weight is 432 g/mol. The van der Waals surface area contributed by atoms with Crippen molar-refractivity contribution in [1.29, 1.82) is 0 Å². The standard InChI is InChI=1S/C23H33N3O3S/c24-22(27)26(23-13-18-10-19(14-23)12-20(11-18)15-23)21-6-8-25(9-7-21)30(28,29)16-17-4-2-1-3-5-17/h1-5,18-21H,6-16H2,(H2,24,27). The molecular weight excluding hydrogens is 398 g/mol. The third kappa shape index (κ3) is 3.64.